The molecule has 11 heteroatoms. The van der Waals surface area contributed by atoms with Crippen molar-refractivity contribution in [2.75, 3.05) is 27.1 Å². The molecule has 0 fully saturated rings. The van der Waals surface area contributed by atoms with Crippen LogP contribution in [0.25, 0.3) is 6.08 Å². The zero-order chi connectivity index (χ0) is 29.1. The third-order valence-corrected chi connectivity index (χ3v) is 8.24. The number of allylic oxidation sites excluding steroid dienone is 1. The number of hydrogen-bond acceptors (Lipinski definition) is 9. The number of halogens is 1. The number of benzene rings is 2. The Morgan fingerprint density at radius 2 is 2.07 bits per heavy atom. The smallest absolute Gasteiger partial charge is 0.338 e. The number of thiazole rings is 1. The van der Waals surface area contributed by atoms with Crippen LogP contribution >= 0.6 is 33.9 Å². The van der Waals surface area contributed by atoms with E-state index < -0.39 is 12.0 Å². The fraction of sp³-hybridized carbons (Fsp3) is 0.300. The number of hydrogen-bond donors (Lipinski definition) is 0. The summed E-state index contributed by atoms with van der Waals surface area (Å²) in [6.45, 7) is 4.18. The van der Waals surface area contributed by atoms with Crippen LogP contribution in [0.4, 0.5) is 0 Å². The van der Waals surface area contributed by atoms with Crippen molar-refractivity contribution in [3.8, 4) is 35.3 Å². The third kappa shape index (κ3) is 5.58. The predicted molar refractivity (Wildman–Crippen MR) is 162 cm³/mol. The van der Waals surface area contributed by atoms with Crippen molar-refractivity contribution in [2.24, 2.45) is 4.99 Å². The molecule has 1 aromatic heterocycles. The Hall–Kier alpha value is -3.76. The molecule has 5 rings (SSSR count). The van der Waals surface area contributed by atoms with Gasteiger partial charge in [-0.2, -0.15) is 0 Å². The summed E-state index contributed by atoms with van der Waals surface area (Å²) in [6, 6.07) is 8.35. The van der Waals surface area contributed by atoms with Gasteiger partial charge in [-0.15, -0.1) is 6.42 Å². The summed E-state index contributed by atoms with van der Waals surface area (Å²) in [5.74, 6) is 4.15. The number of fused-ring (bicyclic) bond motifs is 2. The summed E-state index contributed by atoms with van der Waals surface area (Å²) in [5, 5.41) is 0. The highest BCUT2D eigenvalue weighted by molar-refractivity contribution is 14.1. The molecule has 0 bridgehead atoms. The molecule has 0 spiro atoms. The van der Waals surface area contributed by atoms with Crippen LogP contribution in [-0.4, -0.2) is 37.7 Å². The first-order valence-corrected chi connectivity index (χ1v) is 14.8. The number of ether oxygens (including phenoxy) is 5. The molecule has 2 aromatic carbocycles. The van der Waals surface area contributed by atoms with Crippen molar-refractivity contribution in [3.05, 3.63) is 76.0 Å². The van der Waals surface area contributed by atoms with E-state index in [1.54, 1.807) is 42.9 Å². The third-order valence-electron chi connectivity index (χ3n) is 6.45. The van der Waals surface area contributed by atoms with Crippen molar-refractivity contribution in [1.82, 2.24) is 4.57 Å². The maximum Gasteiger partial charge on any atom is 0.338 e. The van der Waals surface area contributed by atoms with E-state index in [0.717, 1.165) is 15.6 Å². The zero-order valence-corrected chi connectivity index (χ0v) is 25.7. The summed E-state index contributed by atoms with van der Waals surface area (Å²) in [7, 11) is 1.54. The first-order valence-electron chi connectivity index (χ1n) is 12.9. The first-order chi connectivity index (χ1) is 19.9. The highest BCUT2D eigenvalue weighted by Gasteiger charge is 2.35. The van der Waals surface area contributed by atoms with Crippen LogP contribution in [0.3, 0.4) is 0 Å². The van der Waals surface area contributed by atoms with Gasteiger partial charge >= 0.3 is 5.97 Å². The molecule has 1 atom stereocenters. The Kier molecular flexibility index (Phi) is 8.70. The number of terminal acetylenes is 1. The van der Waals surface area contributed by atoms with Gasteiger partial charge in [0, 0.05) is 0 Å². The van der Waals surface area contributed by atoms with Gasteiger partial charge < -0.3 is 23.7 Å². The van der Waals surface area contributed by atoms with Gasteiger partial charge in [0.1, 0.15) is 6.61 Å². The number of carbonyl (C=O) groups is 1. The molecular weight excluding hydrogens is 659 g/mol. The first kappa shape index (κ1) is 28.8. The van der Waals surface area contributed by atoms with Gasteiger partial charge in [-0.05, 0) is 77.4 Å². The summed E-state index contributed by atoms with van der Waals surface area (Å²) in [5.41, 5.74) is 2.10. The molecule has 3 aromatic rings. The lowest BCUT2D eigenvalue weighted by Gasteiger charge is -2.25. The highest BCUT2D eigenvalue weighted by atomic mass is 127. The van der Waals surface area contributed by atoms with E-state index in [-0.39, 0.29) is 25.6 Å². The van der Waals surface area contributed by atoms with Crippen LogP contribution in [0.5, 0.6) is 23.0 Å². The van der Waals surface area contributed by atoms with Gasteiger partial charge in [0.05, 0.1) is 39.1 Å². The number of carbonyl (C=O) groups excluding carboxylic acids is 1. The van der Waals surface area contributed by atoms with Crippen LogP contribution < -0.4 is 33.8 Å². The topological polar surface area (TPSA) is 97.6 Å². The molecule has 0 saturated carbocycles. The number of nitrogens with zero attached hydrogens (tertiary/aromatic N) is 2. The summed E-state index contributed by atoms with van der Waals surface area (Å²) < 4.78 is 30.6. The lowest BCUT2D eigenvalue weighted by molar-refractivity contribution is -0.139. The standard InChI is InChI=1S/C30H27IN2O7S/c1-5-8-20-25(29(35)37-7-3)26(18-9-10-21-22(15-18)40-16-39-21)33-28(34)24(41-30(33)32-20)14-17-12-19(31)27(38-11-6-2)23(13-17)36-4/h2,9-10,12-15,26H,5,7-8,11,16H2,1,3-4H3/b24-14-/t26-/m0/s1. The lowest BCUT2D eigenvalue weighted by atomic mass is 9.94. The molecule has 2 aliphatic rings. The molecule has 0 aliphatic carbocycles. The van der Waals surface area contributed by atoms with Crippen molar-refractivity contribution in [3.63, 3.8) is 0 Å². The van der Waals surface area contributed by atoms with Crippen molar-refractivity contribution >= 4 is 46.0 Å². The lowest BCUT2D eigenvalue weighted by Crippen LogP contribution is -2.40. The van der Waals surface area contributed by atoms with Gasteiger partial charge in [0.25, 0.3) is 5.56 Å². The molecule has 0 unspecified atom stereocenters. The molecule has 0 radical (unpaired) electrons. The van der Waals surface area contributed by atoms with Crippen LogP contribution in [0.15, 0.2) is 51.4 Å². The van der Waals surface area contributed by atoms with Crippen LogP contribution in [-0.2, 0) is 9.53 Å². The van der Waals surface area contributed by atoms with Gasteiger partial charge in [-0.1, -0.05) is 36.7 Å². The molecule has 212 valence electrons. The van der Waals surface area contributed by atoms with E-state index in [4.69, 9.17) is 35.1 Å². The van der Waals surface area contributed by atoms with Gasteiger partial charge in [0.15, 0.2) is 27.8 Å². The number of methoxy groups -OCH3 is 1. The second kappa shape index (κ2) is 12.4. The highest BCUT2D eigenvalue weighted by Crippen LogP contribution is 2.39. The summed E-state index contributed by atoms with van der Waals surface area (Å²) >= 11 is 3.40. The second-order valence-electron chi connectivity index (χ2n) is 9.05. The Morgan fingerprint density at radius 1 is 1.27 bits per heavy atom. The van der Waals surface area contributed by atoms with Crippen LogP contribution in [0, 0.1) is 15.9 Å². The number of aromatic nitrogens is 1. The molecule has 0 N–H and O–H groups in total. The SMILES string of the molecule is C#CCOc1c(I)cc(/C=c2\sc3n(c2=O)[C@@H](c2ccc4c(c2)OCO4)C(C(=O)OCC)=C(CCC)N=3)cc1OC. The summed E-state index contributed by atoms with van der Waals surface area (Å²) in [6.07, 6.45) is 8.45. The fourth-order valence-corrected chi connectivity index (χ4v) is 6.55. The van der Waals surface area contributed by atoms with Crippen molar-refractivity contribution < 1.29 is 28.5 Å². The van der Waals surface area contributed by atoms with Gasteiger partial charge in [-0.3, -0.25) is 9.36 Å². The fourth-order valence-electron chi connectivity index (χ4n) is 4.75. The van der Waals surface area contributed by atoms with Crippen molar-refractivity contribution in [2.45, 2.75) is 32.7 Å². The quantitative estimate of drug-likeness (QED) is 0.191. The molecule has 3 heterocycles. The maximum absolute atomic E-state index is 14.0. The molecule has 0 amide bonds. The molecule has 9 nitrogen and oxygen atoms in total. The van der Waals surface area contributed by atoms with E-state index >= 15 is 0 Å². The van der Waals surface area contributed by atoms with Gasteiger partial charge in [0.2, 0.25) is 6.79 Å². The van der Waals surface area contributed by atoms with E-state index in [2.05, 4.69) is 28.5 Å². The average molecular weight is 687 g/mol. The van der Waals surface area contributed by atoms with E-state index in [1.807, 2.05) is 19.1 Å². The Labute approximate surface area is 254 Å². The number of rotatable bonds is 9. The average Bonchev–Trinajstić information content (AvgIpc) is 3.55. The Balaban J connectivity index is 1.71. The van der Waals surface area contributed by atoms with E-state index in [1.165, 1.54) is 11.3 Å². The number of esters is 1. The minimum atomic E-state index is -0.752. The molecular formula is C30H27IN2O7S. The minimum absolute atomic E-state index is 0.104. The predicted octanol–water partition coefficient (Wildman–Crippen LogP) is 3.93. The molecule has 0 saturated heterocycles. The molecule has 2 aliphatic heterocycles. The van der Waals surface area contributed by atoms with Crippen LogP contribution in [0.2, 0.25) is 0 Å². The van der Waals surface area contributed by atoms with E-state index in [9.17, 15) is 9.59 Å². The molecule has 41 heavy (non-hydrogen) atoms. The van der Waals surface area contributed by atoms with Crippen molar-refractivity contribution in [1.29, 1.82) is 0 Å². The summed E-state index contributed by atoms with van der Waals surface area (Å²) in [4.78, 5) is 32.7. The van der Waals surface area contributed by atoms with Gasteiger partial charge in [-0.25, -0.2) is 9.79 Å². The zero-order valence-electron chi connectivity index (χ0n) is 22.7. The minimum Gasteiger partial charge on any atom is -0.493 e. The van der Waals surface area contributed by atoms with E-state index in [0.29, 0.717) is 55.6 Å². The maximum atomic E-state index is 14.0. The second-order valence-corrected chi connectivity index (χ2v) is 11.2. The Bertz CT molecular complexity index is 1770. The Morgan fingerprint density at radius 3 is 2.80 bits per heavy atom. The largest absolute Gasteiger partial charge is 0.493 e. The normalized spacial score (nSPS) is 15.7. The van der Waals surface area contributed by atoms with Crippen LogP contribution in [0.1, 0.15) is 43.9 Å². The monoisotopic (exact) mass is 686 g/mol.